The first kappa shape index (κ1) is 9.69. The smallest absolute Gasteiger partial charge is 0.124 e. The van der Waals surface area contributed by atoms with Crippen LogP contribution in [0.1, 0.15) is 5.56 Å². The van der Waals surface area contributed by atoms with Crippen LogP contribution in [0.15, 0.2) is 35.0 Å². The largest absolute Gasteiger partial charge is 0.354 e. The van der Waals surface area contributed by atoms with Crippen molar-refractivity contribution in [2.45, 2.75) is 0 Å². The van der Waals surface area contributed by atoms with Gasteiger partial charge in [-0.15, -0.1) is 0 Å². The van der Waals surface area contributed by atoms with Gasteiger partial charge < -0.3 is 5.32 Å². The Balaban J connectivity index is 2.33. The molecule has 15 heavy (non-hydrogen) atoms. The molecule has 2 rings (SSSR count). The third kappa shape index (κ3) is 2.14. The number of halogens is 1. The molecule has 74 valence electrons. The fourth-order valence-electron chi connectivity index (χ4n) is 1.21. The molecule has 0 spiro atoms. The molecule has 0 radical (unpaired) electrons. The second-order valence-corrected chi connectivity index (χ2v) is 3.72. The number of hydrogen-bond donors (Lipinski definition) is 1. The number of nitrogens with one attached hydrogen (secondary N) is 1. The van der Waals surface area contributed by atoms with Crippen molar-refractivity contribution in [3.63, 3.8) is 0 Å². The Morgan fingerprint density at radius 2 is 2.20 bits per heavy atom. The molecule has 0 saturated carbocycles. The third-order valence-electron chi connectivity index (χ3n) is 1.90. The summed E-state index contributed by atoms with van der Waals surface area (Å²) < 4.78 is 12.8. The Morgan fingerprint density at radius 3 is 2.87 bits per heavy atom. The predicted molar refractivity (Wildman–Crippen MR) is 58.7 cm³/mol. The molecule has 0 amide bonds. The van der Waals surface area contributed by atoms with E-state index < -0.39 is 5.82 Å². The first-order valence-corrected chi connectivity index (χ1v) is 5.23. The highest BCUT2D eigenvalue weighted by atomic mass is 32.1. The maximum absolute atomic E-state index is 12.8. The van der Waals surface area contributed by atoms with Gasteiger partial charge >= 0.3 is 0 Å². The van der Waals surface area contributed by atoms with Crippen LogP contribution in [0.4, 0.5) is 15.8 Å². The summed E-state index contributed by atoms with van der Waals surface area (Å²) in [5.41, 5.74) is 1.83. The maximum atomic E-state index is 12.8. The van der Waals surface area contributed by atoms with Crippen LogP contribution in [0.2, 0.25) is 0 Å². The molecule has 0 unspecified atom stereocenters. The molecule has 1 N–H and O–H groups in total. The number of benzene rings is 1. The van der Waals surface area contributed by atoms with E-state index in [-0.39, 0.29) is 0 Å². The summed E-state index contributed by atoms with van der Waals surface area (Å²) in [5, 5.41) is 15.7. The molecule has 0 aliphatic heterocycles. The van der Waals surface area contributed by atoms with E-state index in [1.165, 1.54) is 12.1 Å². The quantitative estimate of drug-likeness (QED) is 0.837. The Bertz CT molecular complexity index is 500. The molecule has 1 aromatic heterocycles. The summed E-state index contributed by atoms with van der Waals surface area (Å²) >= 11 is 1.56. The number of anilines is 2. The zero-order chi connectivity index (χ0) is 10.7. The number of nitrogens with zero attached hydrogens (tertiary/aromatic N) is 1. The van der Waals surface area contributed by atoms with E-state index in [0.717, 1.165) is 5.69 Å². The second-order valence-electron chi connectivity index (χ2n) is 2.94. The van der Waals surface area contributed by atoms with Gasteiger partial charge in [0, 0.05) is 11.1 Å². The lowest BCUT2D eigenvalue weighted by atomic mass is 10.2. The Morgan fingerprint density at radius 1 is 1.33 bits per heavy atom. The minimum Gasteiger partial charge on any atom is -0.354 e. The minimum absolute atomic E-state index is 0.307. The number of hydrogen-bond acceptors (Lipinski definition) is 3. The van der Waals surface area contributed by atoms with Gasteiger partial charge in [0.25, 0.3) is 0 Å². The zero-order valence-electron chi connectivity index (χ0n) is 7.70. The average Bonchev–Trinajstić information content (AvgIpc) is 2.73. The maximum Gasteiger partial charge on any atom is 0.124 e. The topological polar surface area (TPSA) is 35.8 Å². The summed E-state index contributed by atoms with van der Waals surface area (Å²) in [5.74, 6) is -0.401. The van der Waals surface area contributed by atoms with Crippen LogP contribution in [-0.2, 0) is 0 Å². The fraction of sp³-hybridized carbons (Fsp3) is 0. The highest BCUT2D eigenvalue weighted by Crippen LogP contribution is 2.22. The first-order valence-electron chi connectivity index (χ1n) is 4.28. The van der Waals surface area contributed by atoms with Crippen LogP contribution in [0.25, 0.3) is 0 Å². The second kappa shape index (κ2) is 4.11. The van der Waals surface area contributed by atoms with Crippen molar-refractivity contribution in [3.05, 3.63) is 46.4 Å². The standard InChI is InChI=1S/C11H7FN2S/c12-9-1-2-11(8(5-9)6-13)14-10-3-4-15-7-10/h1-5,7,14H. The van der Waals surface area contributed by atoms with Crippen LogP contribution in [-0.4, -0.2) is 0 Å². The van der Waals surface area contributed by atoms with Crippen molar-refractivity contribution in [3.8, 4) is 6.07 Å². The van der Waals surface area contributed by atoms with E-state index in [9.17, 15) is 4.39 Å². The van der Waals surface area contributed by atoms with E-state index in [1.54, 1.807) is 17.4 Å². The van der Waals surface area contributed by atoms with Gasteiger partial charge in [0.05, 0.1) is 11.3 Å². The molecule has 0 aliphatic rings. The van der Waals surface area contributed by atoms with Gasteiger partial charge in [0.15, 0.2) is 0 Å². The predicted octanol–water partition coefficient (Wildman–Crippen LogP) is 3.50. The third-order valence-corrected chi connectivity index (χ3v) is 2.59. The van der Waals surface area contributed by atoms with Crippen molar-refractivity contribution < 1.29 is 4.39 Å². The van der Waals surface area contributed by atoms with Crippen molar-refractivity contribution >= 4 is 22.7 Å². The molecule has 0 bridgehead atoms. The van der Waals surface area contributed by atoms with E-state index in [0.29, 0.717) is 11.3 Å². The van der Waals surface area contributed by atoms with Crippen LogP contribution in [0.3, 0.4) is 0 Å². The summed E-state index contributed by atoms with van der Waals surface area (Å²) in [7, 11) is 0. The number of nitriles is 1. The summed E-state index contributed by atoms with van der Waals surface area (Å²) in [6, 6.07) is 7.95. The van der Waals surface area contributed by atoms with Crippen molar-refractivity contribution in [1.82, 2.24) is 0 Å². The lowest BCUT2D eigenvalue weighted by Gasteiger charge is -2.05. The average molecular weight is 218 g/mol. The van der Waals surface area contributed by atoms with Gasteiger partial charge in [-0.05, 0) is 29.6 Å². The Labute approximate surface area is 90.6 Å². The van der Waals surface area contributed by atoms with Gasteiger partial charge in [0.2, 0.25) is 0 Å². The molecule has 4 heteroatoms. The van der Waals surface area contributed by atoms with E-state index in [2.05, 4.69) is 5.32 Å². The molecule has 2 aromatic rings. The van der Waals surface area contributed by atoms with Gasteiger partial charge in [-0.25, -0.2) is 4.39 Å². The van der Waals surface area contributed by atoms with Crippen molar-refractivity contribution in [2.24, 2.45) is 0 Å². The Kier molecular flexibility index (Phi) is 2.66. The molecule has 1 aromatic carbocycles. The van der Waals surface area contributed by atoms with Gasteiger partial charge in [0.1, 0.15) is 11.9 Å². The fourth-order valence-corrected chi connectivity index (χ4v) is 1.80. The molecule has 2 nitrogen and oxygen atoms in total. The minimum atomic E-state index is -0.401. The van der Waals surface area contributed by atoms with Crippen LogP contribution >= 0.6 is 11.3 Å². The monoisotopic (exact) mass is 218 g/mol. The van der Waals surface area contributed by atoms with E-state index >= 15 is 0 Å². The van der Waals surface area contributed by atoms with E-state index in [1.807, 2.05) is 22.9 Å². The molecule has 0 fully saturated rings. The van der Waals surface area contributed by atoms with Crippen LogP contribution < -0.4 is 5.32 Å². The van der Waals surface area contributed by atoms with Crippen molar-refractivity contribution in [2.75, 3.05) is 5.32 Å². The number of rotatable bonds is 2. The Hall–Kier alpha value is -1.86. The SMILES string of the molecule is N#Cc1cc(F)ccc1Nc1ccsc1. The van der Waals surface area contributed by atoms with E-state index in [4.69, 9.17) is 5.26 Å². The number of thiophene rings is 1. The molecule has 0 aliphatic carbocycles. The lowest BCUT2D eigenvalue weighted by molar-refractivity contribution is 0.627. The zero-order valence-corrected chi connectivity index (χ0v) is 8.51. The van der Waals surface area contributed by atoms with Gasteiger partial charge in [-0.3, -0.25) is 0 Å². The molecule has 0 atom stereocenters. The first-order chi connectivity index (χ1) is 7.29. The van der Waals surface area contributed by atoms with Gasteiger partial charge in [-0.1, -0.05) is 0 Å². The lowest BCUT2D eigenvalue weighted by Crippen LogP contribution is -1.92. The van der Waals surface area contributed by atoms with Crippen LogP contribution in [0, 0.1) is 17.1 Å². The summed E-state index contributed by atoms with van der Waals surface area (Å²) in [6.07, 6.45) is 0. The van der Waals surface area contributed by atoms with Crippen LogP contribution in [0.5, 0.6) is 0 Å². The molecular formula is C11H7FN2S. The van der Waals surface area contributed by atoms with Crippen molar-refractivity contribution in [1.29, 1.82) is 5.26 Å². The summed E-state index contributed by atoms with van der Waals surface area (Å²) in [4.78, 5) is 0. The molecular weight excluding hydrogens is 211 g/mol. The molecule has 0 saturated heterocycles. The molecule has 1 heterocycles. The van der Waals surface area contributed by atoms with Gasteiger partial charge in [-0.2, -0.15) is 16.6 Å². The normalized spacial score (nSPS) is 9.60. The summed E-state index contributed by atoms with van der Waals surface area (Å²) in [6.45, 7) is 0. The highest BCUT2D eigenvalue weighted by molar-refractivity contribution is 7.08. The highest BCUT2D eigenvalue weighted by Gasteiger charge is 2.03.